The third-order valence-corrected chi connectivity index (χ3v) is 5.69. The van der Waals surface area contributed by atoms with Crippen molar-refractivity contribution in [1.29, 1.82) is 0 Å². The van der Waals surface area contributed by atoms with Gasteiger partial charge in [-0.05, 0) is 46.3 Å². The first-order chi connectivity index (χ1) is 11.8. The summed E-state index contributed by atoms with van der Waals surface area (Å²) in [6.45, 7) is -0.136. The first kappa shape index (κ1) is 18.0. The molecule has 0 aromatic heterocycles. The number of fused-ring (bicyclic) bond motifs is 1. The van der Waals surface area contributed by atoms with E-state index in [2.05, 4.69) is 21.2 Å². The number of ether oxygens (including phenoxy) is 1. The van der Waals surface area contributed by atoms with Gasteiger partial charge in [0.15, 0.2) is 6.10 Å². The molecule has 0 bridgehead atoms. The molecule has 2 aromatic rings. The maximum atomic E-state index is 12.6. The summed E-state index contributed by atoms with van der Waals surface area (Å²) in [7, 11) is -3.60. The number of sulfonamides is 1. The number of para-hydroxylation sites is 1. The Balaban J connectivity index is 1.90. The van der Waals surface area contributed by atoms with Crippen LogP contribution in [0.3, 0.4) is 0 Å². The van der Waals surface area contributed by atoms with Crippen LogP contribution in [-0.2, 0) is 14.8 Å². The molecule has 9 heteroatoms. The fourth-order valence-corrected chi connectivity index (χ4v) is 3.91. The minimum absolute atomic E-state index is 0.136. The number of anilines is 2. The van der Waals surface area contributed by atoms with Gasteiger partial charge in [-0.25, -0.2) is 8.42 Å². The Bertz CT molecular complexity index is 935. The van der Waals surface area contributed by atoms with Gasteiger partial charge in [-0.15, -0.1) is 0 Å². The maximum Gasteiger partial charge on any atom is 0.267 e. The third-order valence-electron chi connectivity index (χ3n) is 3.62. The predicted octanol–water partition coefficient (Wildman–Crippen LogP) is 3.27. The van der Waals surface area contributed by atoms with Crippen LogP contribution in [0.1, 0.15) is 0 Å². The smallest absolute Gasteiger partial charge is 0.267 e. The SMILES string of the molecule is CS(=O)(=O)N1C[C@H](C(=O)Nc2ccccc2Br)Oc2ccc(Cl)cc21. The first-order valence-corrected chi connectivity index (χ1v) is 10.3. The summed E-state index contributed by atoms with van der Waals surface area (Å²) in [5.41, 5.74) is 0.892. The highest BCUT2D eigenvalue weighted by molar-refractivity contribution is 9.10. The Morgan fingerprint density at radius 1 is 1.32 bits per heavy atom. The molecule has 0 aliphatic carbocycles. The number of amides is 1. The lowest BCUT2D eigenvalue weighted by molar-refractivity contribution is -0.122. The fourth-order valence-electron chi connectivity index (χ4n) is 2.45. The Morgan fingerprint density at radius 2 is 2.04 bits per heavy atom. The number of hydrogen-bond donors (Lipinski definition) is 1. The van der Waals surface area contributed by atoms with Gasteiger partial charge in [-0.3, -0.25) is 9.10 Å². The van der Waals surface area contributed by atoms with Crippen molar-refractivity contribution in [2.75, 3.05) is 22.4 Å². The monoisotopic (exact) mass is 444 g/mol. The largest absolute Gasteiger partial charge is 0.476 e. The highest BCUT2D eigenvalue weighted by atomic mass is 79.9. The number of nitrogens with one attached hydrogen (secondary N) is 1. The van der Waals surface area contributed by atoms with Crippen molar-refractivity contribution >= 4 is 54.8 Å². The van der Waals surface area contributed by atoms with E-state index in [0.717, 1.165) is 10.6 Å². The molecule has 0 radical (unpaired) electrons. The van der Waals surface area contributed by atoms with Gasteiger partial charge in [-0.2, -0.15) is 0 Å². The van der Waals surface area contributed by atoms with Gasteiger partial charge in [0.05, 0.1) is 24.2 Å². The summed E-state index contributed by atoms with van der Waals surface area (Å²) in [5.74, 6) is -0.158. The standard InChI is InChI=1S/C16H14BrClN2O4S/c1-25(22,23)20-9-15(24-14-7-6-10(18)8-13(14)20)16(21)19-12-5-3-2-4-11(12)17/h2-8,15H,9H2,1H3,(H,19,21)/t15-/m1/s1. The molecule has 0 unspecified atom stereocenters. The molecule has 6 nitrogen and oxygen atoms in total. The van der Waals surface area contributed by atoms with Crippen molar-refractivity contribution in [2.24, 2.45) is 0 Å². The number of hydrogen-bond acceptors (Lipinski definition) is 4. The number of benzene rings is 2. The normalized spacial score (nSPS) is 16.8. The molecule has 1 N–H and O–H groups in total. The van der Waals surface area contributed by atoms with Gasteiger partial charge in [0.25, 0.3) is 5.91 Å². The molecule has 0 saturated heterocycles. The summed E-state index contributed by atoms with van der Waals surface area (Å²) < 4.78 is 31.8. The number of carbonyl (C=O) groups excluding carboxylic acids is 1. The van der Waals surface area contributed by atoms with E-state index in [9.17, 15) is 13.2 Å². The summed E-state index contributed by atoms with van der Waals surface area (Å²) in [6, 6.07) is 11.7. The van der Waals surface area contributed by atoms with Gasteiger partial charge in [-0.1, -0.05) is 23.7 Å². The molecule has 0 saturated carbocycles. The molecular weight excluding hydrogens is 432 g/mol. The second kappa shape index (κ2) is 6.86. The Kier molecular flexibility index (Phi) is 4.95. The van der Waals surface area contributed by atoms with Crippen LogP contribution in [-0.4, -0.2) is 33.2 Å². The third kappa shape index (κ3) is 3.91. The maximum absolute atomic E-state index is 12.6. The molecule has 0 spiro atoms. The topological polar surface area (TPSA) is 75.7 Å². The van der Waals surface area contributed by atoms with Crippen molar-refractivity contribution in [3.63, 3.8) is 0 Å². The van der Waals surface area contributed by atoms with Crippen LogP contribution in [0.25, 0.3) is 0 Å². The van der Waals surface area contributed by atoms with Crippen LogP contribution < -0.4 is 14.4 Å². The van der Waals surface area contributed by atoms with E-state index in [1.54, 1.807) is 30.3 Å². The van der Waals surface area contributed by atoms with Crippen LogP contribution in [0.15, 0.2) is 46.9 Å². The molecule has 1 atom stereocenters. The second-order valence-electron chi connectivity index (χ2n) is 5.48. The zero-order valence-corrected chi connectivity index (χ0v) is 16.2. The number of carbonyl (C=O) groups is 1. The zero-order valence-electron chi connectivity index (χ0n) is 13.1. The quantitative estimate of drug-likeness (QED) is 0.787. The lowest BCUT2D eigenvalue weighted by Gasteiger charge is -2.34. The van der Waals surface area contributed by atoms with Crippen molar-refractivity contribution in [3.05, 3.63) is 52.0 Å². The first-order valence-electron chi connectivity index (χ1n) is 7.25. The molecule has 1 aliphatic heterocycles. The van der Waals surface area contributed by atoms with E-state index < -0.39 is 22.0 Å². The van der Waals surface area contributed by atoms with Crippen LogP contribution in [0.5, 0.6) is 5.75 Å². The van der Waals surface area contributed by atoms with Gasteiger partial charge < -0.3 is 10.1 Å². The van der Waals surface area contributed by atoms with E-state index in [-0.39, 0.29) is 12.3 Å². The molecule has 1 amide bonds. The lowest BCUT2D eigenvalue weighted by atomic mass is 10.2. The highest BCUT2D eigenvalue weighted by Crippen LogP contribution is 2.37. The highest BCUT2D eigenvalue weighted by Gasteiger charge is 2.35. The lowest BCUT2D eigenvalue weighted by Crippen LogP contribution is -2.48. The molecule has 0 fully saturated rings. The predicted molar refractivity (Wildman–Crippen MR) is 101 cm³/mol. The number of rotatable bonds is 3. The van der Waals surface area contributed by atoms with Crippen LogP contribution in [0, 0.1) is 0 Å². The Labute approximate surface area is 158 Å². The van der Waals surface area contributed by atoms with E-state index in [1.165, 1.54) is 6.07 Å². The number of nitrogens with zero attached hydrogens (tertiary/aromatic N) is 1. The molecule has 3 rings (SSSR count). The molecule has 1 heterocycles. The van der Waals surface area contributed by atoms with Crippen LogP contribution in [0.2, 0.25) is 5.02 Å². The van der Waals surface area contributed by atoms with Gasteiger partial charge in [0, 0.05) is 9.50 Å². The van der Waals surface area contributed by atoms with E-state index in [1.807, 2.05) is 6.07 Å². The Morgan fingerprint density at radius 3 is 2.72 bits per heavy atom. The summed E-state index contributed by atoms with van der Waals surface area (Å²) in [4.78, 5) is 12.6. The minimum atomic E-state index is -3.60. The van der Waals surface area contributed by atoms with Crippen molar-refractivity contribution < 1.29 is 17.9 Å². The minimum Gasteiger partial charge on any atom is -0.476 e. The van der Waals surface area contributed by atoms with E-state index >= 15 is 0 Å². The zero-order chi connectivity index (χ0) is 18.2. The van der Waals surface area contributed by atoms with Crippen LogP contribution >= 0.6 is 27.5 Å². The average molecular weight is 446 g/mol. The van der Waals surface area contributed by atoms with Crippen molar-refractivity contribution in [3.8, 4) is 5.75 Å². The van der Waals surface area contributed by atoms with Gasteiger partial charge >= 0.3 is 0 Å². The fraction of sp³-hybridized carbons (Fsp3) is 0.188. The molecule has 132 valence electrons. The molecule has 2 aromatic carbocycles. The summed E-state index contributed by atoms with van der Waals surface area (Å²) in [5, 5.41) is 3.12. The molecule has 1 aliphatic rings. The molecular formula is C16H14BrClN2O4S. The Hall–Kier alpha value is -1.77. The number of halogens is 2. The summed E-state index contributed by atoms with van der Waals surface area (Å²) >= 11 is 9.30. The van der Waals surface area contributed by atoms with Gasteiger partial charge in [0.2, 0.25) is 10.0 Å². The van der Waals surface area contributed by atoms with Crippen LogP contribution in [0.4, 0.5) is 11.4 Å². The van der Waals surface area contributed by atoms with Crippen molar-refractivity contribution in [2.45, 2.75) is 6.10 Å². The van der Waals surface area contributed by atoms with E-state index in [0.29, 0.717) is 20.9 Å². The van der Waals surface area contributed by atoms with Crippen molar-refractivity contribution in [1.82, 2.24) is 0 Å². The molecule has 25 heavy (non-hydrogen) atoms. The van der Waals surface area contributed by atoms with Gasteiger partial charge in [0.1, 0.15) is 5.75 Å². The average Bonchev–Trinajstić information content (AvgIpc) is 2.55. The summed E-state index contributed by atoms with van der Waals surface area (Å²) in [6.07, 6.45) is 0.0849. The second-order valence-corrected chi connectivity index (χ2v) is 8.68. The van der Waals surface area contributed by atoms with E-state index in [4.69, 9.17) is 16.3 Å².